The Kier molecular flexibility index (Phi) is 6.11. The molecule has 1 aliphatic heterocycles. The summed E-state index contributed by atoms with van der Waals surface area (Å²) in [7, 11) is 0. The molecule has 114 valence electrons. The highest BCUT2D eigenvalue weighted by Gasteiger charge is 2.16. The maximum absolute atomic E-state index is 11.9. The summed E-state index contributed by atoms with van der Waals surface area (Å²) in [6.45, 7) is 3.12. The zero-order chi connectivity index (χ0) is 14.2. The molecular weight excluding hydrogens is 256 g/mol. The van der Waals surface area contributed by atoms with E-state index in [0.717, 1.165) is 0 Å². The zero-order valence-corrected chi connectivity index (χ0v) is 12.1. The second-order valence-corrected chi connectivity index (χ2v) is 5.49. The Morgan fingerprint density at radius 2 is 1.95 bits per heavy atom. The van der Waals surface area contributed by atoms with Crippen LogP contribution in [0, 0.1) is 0 Å². The summed E-state index contributed by atoms with van der Waals surface area (Å²) in [5.41, 5.74) is 5.86. The second kappa shape index (κ2) is 8.09. The van der Waals surface area contributed by atoms with Crippen LogP contribution in [0.5, 0.6) is 0 Å². The lowest BCUT2D eigenvalue weighted by Crippen LogP contribution is -2.42. The summed E-state index contributed by atoms with van der Waals surface area (Å²) in [4.78, 5) is 18.0. The van der Waals surface area contributed by atoms with Gasteiger partial charge in [-0.15, -0.1) is 0 Å². The Hall–Kier alpha value is -1.30. The molecule has 1 heterocycles. The lowest BCUT2D eigenvalue weighted by atomic mass is 9.96. The summed E-state index contributed by atoms with van der Waals surface area (Å²) >= 11 is 0. The van der Waals surface area contributed by atoms with Crippen LogP contribution in [0.3, 0.4) is 0 Å². The first-order valence-corrected chi connectivity index (χ1v) is 7.67. The van der Waals surface area contributed by atoms with Gasteiger partial charge in [0.05, 0.1) is 19.8 Å². The SMILES string of the molecule is NC(=NCCC(=O)N1CCOCC1)NC1CCCCC1. The van der Waals surface area contributed by atoms with Gasteiger partial charge in [-0.25, -0.2) is 0 Å². The largest absolute Gasteiger partial charge is 0.378 e. The fourth-order valence-corrected chi connectivity index (χ4v) is 2.74. The summed E-state index contributed by atoms with van der Waals surface area (Å²) < 4.78 is 5.23. The molecule has 2 aliphatic rings. The normalized spacial score (nSPS) is 21.8. The van der Waals surface area contributed by atoms with Crippen molar-refractivity contribution in [2.45, 2.75) is 44.6 Å². The highest BCUT2D eigenvalue weighted by atomic mass is 16.5. The van der Waals surface area contributed by atoms with E-state index in [1.54, 1.807) is 0 Å². The molecular formula is C14H26N4O2. The molecule has 0 aromatic carbocycles. The van der Waals surface area contributed by atoms with E-state index in [0.29, 0.717) is 51.3 Å². The highest BCUT2D eigenvalue weighted by molar-refractivity contribution is 5.79. The van der Waals surface area contributed by atoms with E-state index < -0.39 is 0 Å². The number of aliphatic imine (C=N–C) groups is 1. The van der Waals surface area contributed by atoms with E-state index >= 15 is 0 Å². The molecule has 0 aromatic heterocycles. The number of guanidine groups is 1. The van der Waals surface area contributed by atoms with Crippen LogP contribution in [0.2, 0.25) is 0 Å². The van der Waals surface area contributed by atoms with Gasteiger partial charge in [0, 0.05) is 25.6 Å². The third-order valence-electron chi connectivity index (χ3n) is 3.93. The van der Waals surface area contributed by atoms with Crippen LogP contribution >= 0.6 is 0 Å². The number of hydrogen-bond donors (Lipinski definition) is 2. The van der Waals surface area contributed by atoms with Crippen LogP contribution < -0.4 is 11.1 Å². The van der Waals surface area contributed by atoms with Gasteiger partial charge >= 0.3 is 0 Å². The molecule has 1 saturated heterocycles. The highest BCUT2D eigenvalue weighted by Crippen LogP contribution is 2.16. The lowest BCUT2D eigenvalue weighted by molar-refractivity contribution is -0.135. The van der Waals surface area contributed by atoms with Gasteiger partial charge in [-0.2, -0.15) is 0 Å². The van der Waals surface area contributed by atoms with Crippen molar-refractivity contribution in [1.29, 1.82) is 0 Å². The van der Waals surface area contributed by atoms with E-state index in [1.165, 1.54) is 32.1 Å². The Balaban J connectivity index is 1.64. The third-order valence-corrected chi connectivity index (χ3v) is 3.93. The van der Waals surface area contributed by atoms with Crippen LogP contribution in [0.25, 0.3) is 0 Å². The first kappa shape index (κ1) is 15.1. The number of nitrogens with two attached hydrogens (primary N) is 1. The minimum absolute atomic E-state index is 0.141. The molecule has 6 nitrogen and oxygen atoms in total. The molecule has 0 atom stereocenters. The first-order valence-electron chi connectivity index (χ1n) is 7.67. The number of nitrogens with zero attached hydrogens (tertiary/aromatic N) is 2. The van der Waals surface area contributed by atoms with Gasteiger partial charge in [0.15, 0.2) is 5.96 Å². The Bertz CT molecular complexity index is 334. The maximum atomic E-state index is 11.9. The molecule has 0 unspecified atom stereocenters. The summed E-state index contributed by atoms with van der Waals surface area (Å²) in [5, 5.41) is 3.25. The maximum Gasteiger partial charge on any atom is 0.224 e. The number of amides is 1. The first-order chi connectivity index (χ1) is 9.75. The number of carbonyl (C=O) groups is 1. The minimum Gasteiger partial charge on any atom is -0.378 e. The molecule has 1 saturated carbocycles. The van der Waals surface area contributed by atoms with Crippen LogP contribution in [0.1, 0.15) is 38.5 Å². The molecule has 2 fully saturated rings. The Morgan fingerprint density at radius 1 is 1.25 bits per heavy atom. The van der Waals surface area contributed by atoms with Gasteiger partial charge in [0.25, 0.3) is 0 Å². The number of nitrogens with one attached hydrogen (secondary N) is 1. The van der Waals surface area contributed by atoms with Crippen molar-refractivity contribution in [2.24, 2.45) is 10.7 Å². The summed E-state index contributed by atoms with van der Waals surface area (Å²) in [6, 6.07) is 0.461. The Morgan fingerprint density at radius 3 is 2.65 bits per heavy atom. The van der Waals surface area contributed by atoms with Gasteiger partial charge in [-0.3, -0.25) is 9.79 Å². The van der Waals surface area contributed by atoms with E-state index in [1.807, 2.05) is 4.90 Å². The number of carbonyl (C=O) groups excluding carboxylic acids is 1. The third kappa shape index (κ3) is 5.00. The van der Waals surface area contributed by atoms with E-state index in [9.17, 15) is 4.79 Å². The molecule has 3 N–H and O–H groups in total. The minimum atomic E-state index is 0.141. The molecule has 0 aromatic rings. The quantitative estimate of drug-likeness (QED) is 0.580. The van der Waals surface area contributed by atoms with Crippen LogP contribution in [0.15, 0.2) is 4.99 Å². The van der Waals surface area contributed by atoms with Gasteiger partial charge < -0.3 is 20.7 Å². The van der Waals surface area contributed by atoms with Gasteiger partial charge in [-0.05, 0) is 12.8 Å². The van der Waals surface area contributed by atoms with E-state index in [-0.39, 0.29) is 5.91 Å². The monoisotopic (exact) mass is 282 g/mol. The van der Waals surface area contributed by atoms with Crippen LogP contribution in [-0.2, 0) is 9.53 Å². The van der Waals surface area contributed by atoms with Crippen LogP contribution in [0.4, 0.5) is 0 Å². The molecule has 2 rings (SSSR count). The van der Waals surface area contributed by atoms with Crippen LogP contribution in [-0.4, -0.2) is 55.7 Å². The van der Waals surface area contributed by atoms with Gasteiger partial charge in [0.2, 0.25) is 5.91 Å². The van der Waals surface area contributed by atoms with Crippen molar-refractivity contribution in [2.75, 3.05) is 32.8 Å². The van der Waals surface area contributed by atoms with Crippen molar-refractivity contribution in [3.8, 4) is 0 Å². The molecule has 0 radical (unpaired) electrons. The van der Waals surface area contributed by atoms with Crippen molar-refractivity contribution in [3.63, 3.8) is 0 Å². The smallest absolute Gasteiger partial charge is 0.224 e. The average Bonchev–Trinajstić information content (AvgIpc) is 2.49. The zero-order valence-electron chi connectivity index (χ0n) is 12.1. The van der Waals surface area contributed by atoms with E-state index in [2.05, 4.69) is 10.3 Å². The molecule has 0 bridgehead atoms. The number of morpholine rings is 1. The predicted molar refractivity (Wildman–Crippen MR) is 78.5 cm³/mol. The number of ether oxygens (including phenoxy) is 1. The van der Waals surface area contributed by atoms with Crippen molar-refractivity contribution in [3.05, 3.63) is 0 Å². The van der Waals surface area contributed by atoms with Crippen molar-refractivity contribution >= 4 is 11.9 Å². The average molecular weight is 282 g/mol. The van der Waals surface area contributed by atoms with Crippen molar-refractivity contribution in [1.82, 2.24) is 10.2 Å². The fraction of sp³-hybridized carbons (Fsp3) is 0.857. The lowest BCUT2D eigenvalue weighted by Gasteiger charge is -2.26. The Labute approximate surface area is 120 Å². The predicted octanol–water partition coefficient (Wildman–Crippen LogP) is 0.472. The second-order valence-electron chi connectivity index (χ2n) is 5.49. The van der Waals surface area contributed by atoms with Gasteiger partial charge in [0.1, 0.15) is 0 Å². The molecule has 20 heavy (non-hydrogen) atoms. The standard InChI is InChI=1S/C14H26N4O2/c15-14(17-12-4-2-1-3-5-12)16-7-6-13(19)18-8-10-20-11-9-18/h12H,1-11H2,(H3,15,16,17). The summed E-state index contributed by atoms with van der Waals surface area (Å²) in [5.74, 6) is 0.620. The number of rotatable bonds is 4. The number of hydrogen-bond acceptors (Lipinski definition) is 3. The van der Waals surface area contributed by atoms with Crippen molar-refractivity contribution < 1.29 is 9.53 Å². The molecule has 1 aliphatic carbocycles. The summed E-state index contributed by atoms with van der Waals surface area (Å²) in [6.07, 6.45) is 6.61. The van der Waals surface area contributed by atoms with E-state index in [4.69, 9.17) is 10.5 Å². The fourth-order valence-electron chi connectivity index (χ4n) is 2.74. The molecule has 0 spiro atoms. The topological polar surface area (TPSA) is 80.0 Å². The molecule has 6 heteroatoms. The molecule has 1 amide bonds. The van der Waals surface area contributed by atoms with Gasteiger partial charge in [-0.1, -0.05) is 19.3 Å².